The molecule has 0 bridgehead atoms. The predicted molar refractivity (Wildman–Crippen MR) is 134 cm³/mol. The number of unbranched alkanes of at least 4 members (excludes halogenated alkanes) is 2. The Balaban J connectivity index is 1.95. The lowest BCUT2D eigenvalue weighted by molar-refractivity contribution is -0.232. The average Bonchev–Trinajstić information content (AvgIpc) is 2.87. The van der Waals surface area contributed by atoms with Crippen LogP contribution in [0.2, 0.25) is 0 Å². The van der Waals surface area contributed by atoms with Crippen LogP contribution in [0.3, 0.4) is 0 Å². The second kappa shape index (κ2) is 14.2. The van der Waals surface area contributed by atoms with Crippen LogP contribution in [0, 0.1) is 0 Å². The summed E-state index contributed by atoms with van der Waals surface area (Å²) in [6, 6.07) is 18.2. The third kappa shape index (κ3) is 7.80. The zero-order valence-electron chi connectivity index (χ0n) is 20.2. The molecule has 35 heavy (non-hydrogen) atoms. The highest BCUT2D eigenvalue weighted by molar-refractivity contribution is 7.99. The van der Waals surface area contributed by atoms with Crippen molar-refractivity contribution in [1.82, 2.24) is 0 Å². The Morgan fingerprint density at radius 1 is 0.857 bits per heavy atom. The second-order valence-electron chi connectivity index (χ2n) is 8.31. The molecule has 0 aliphatic carbocycles. The summed E-state index contributed by atoms with van der Waals surface area (Å²) in [5, 5.41) is 10.0. The highest BCUT2D eigenvalue weighted by Crippen LogP contribution is 2.37. The van der Waals surface area contributed by atoms with Crippen LogP contribution in [-0.2, 0) is 23.7 Å². The highest BCUT2D eigenvalue weighted by atomic mass is 32.2. The molecule has 2 aromatic rings. The van der Waals surface area contributed by atoms with Crippen LogP contribution >= 0.6 is 11.8 Å². The van der Waals surface area contributed by atoms with Crippen molar-refractivity contribution in [1.29, 1.82) is 0 Å². The molecule has 1 saturated heterocycles. The number of carbonyl (C=O) groups is 2. The van der Waals surface area contributed by atoms with E-state index in [1.165, 1.54) is 11.8 Å². The zero-order chi connectivity index (χ0) is 25.0. The number of carboxylic acid groups (broad SMARTS) is 1. The van der Waals surface area contributed by atoms with Crippen molar-refractivity contribution in [2.75, 3.05) is 13.2 Å². The third-order valence-electron chi connectivity index (χ3n) is 5.60. The number of hydrogen-bond donors (Lipinski definition) is 1. The molecule has 1 aliphatic heterocycles. The summed E-state index contributed by atoms with van der Waals surface area (Å²) in [7, 11) is 0. The molecular formula is C27H34O7S. The van der Waals surface area contributed by atoms with E-state index in [2.05, 4.69) is 0 Å². The molecule has 1 fully saturated rings. The maximum Gasteiger partial charge on any atom is 0.338 e. The first-order valence-corrected chi connectivity index (χ1v) is 13.0. The minimum absolute atomic E-state index is 0.359. The smallest absolute Gasteiger partial charge is 0.338 e. The Hall–Kier alpha value is -2.39. The number of esters is 1. The lowest BCUT2D eigenvalue weighted by Crippen LogP contribution is -2.61. The molecule has 8 heteroatoms. The van der Waals surface area contributed by atoms with E-state index < -0.39 is 41.8 Å². The molecule has 1 N–H and O–H groups in total. The number of thioether (sulfide) groups is 1. The first kappa shape index (κ1) is 27.2. The fourth-order valence-electron chi connectivity index (χ4n) is 3.73. The molecule has 3 rings (SSSR count). The van der Waals surface area contributed by atoms with Crippen molar-refractivity contribution in [3.63, 3.8) is 0 Å². The Bertz CT molecular complexity index is 908. The summed E-state index contributed by atoms with van der Waals surface area (Å²) in [5.74, 6) is -1.66. The Morgan fingerprint density at radius 3 is 2.00 bits per heavy atom. The van der Waals surface area contributed by atoms with Crippen molar-refractivity contribution in [3.8, 4) is 0 Å². The van der Waals surface area contributed by atoms with Crippen LogP contribution in [0.25, 0.3) is 0 Å². The van der Waals surface area contributed by atoms with Gasteiger partial charge in [-0.25, -0.2) is 9.59 Å². The standard InChI is InChI=1S/C27H34O7S/c1-3-5-17-31-21-22(32-18-6-4-2)24(33-26(30)19-13-9-7-10-14-19)27(34-23(21)25(28)29)35-20-15-11-8-12-16-20/h7-16,21-24,27H,3-6,17-18H2,1-2H3,(H,28,29)/t21-,22?,23?,24?,27+/m1/s1. The van der Waals surface area contributed by atoms with E-state index in [-0.39, 0.29) is 0 Å². The van der Waals surface area contributed by atoms with Crippen LogP contribution < -0.4 is 0 Å². The molecule has 1 aliphatic rings. The van der Waals surface area contributed by atoms with Gasteiger partial charge >= 0.3 is 11.9 Å². The minimum atomic E-state index is -1.26. The number of aliphatic carboxylic acids is 1. The van der Waals surface area contributed by atoms with E-state index in [1.807, 2.05) is 50.2 Å². The van der Waals surface area contributed by atoms with Crippen molar-refractivity contribution in [2.24, 2.45) is 0 Å². The SMILES string of the molecule is CCCCOC1C(OC(=O)c2ccccc2)[C@H](Sc2ccccc2)OC(C(=O)O)[C@@H]1OCCCC. The number of ether oxygens (including phenoxy) is 4. The van der Waals surface area contributed by atoms with Gasteiger partial charge in [-0.1, -0.05) is 74.8 Å². The van der Waals surface area contributed by atoms with Gasteiger partial charge in [-0.3, -0.25) is 0 Å². The van der Waals surface area contributed by atoms with Gasteiger partial charge in [0, 0.05) is 18.1 Å². The molecule has 0 amide bonds. The van der Waals surface area contributed by atoms with Crippen molar-refractivity contribution in [2.45, 2.75) is 74.3 Å². The summed E-state index contributed by atoms with van der Waals surface area (Å²) in [6.07, 6.45) is -0.513. The van der Waals surface area contributed by atoms with Gasteiger partial charge in [0.1, 0.15) is 17.6 Å². The van der Waals surface area contributed by atoms with Crippen molar-refractivity contribution >= 4 is 23.7 Å². The van der Waals surface area contributed by atoms with Crippen molar-refractivity contribution in [3.05, 3.63) is 66.2 Å². The predicted octanol–water partition coefficient (Wildman–Crippen LogP) is 5.18. The Morgan fingerprint density at radius 2 is 1.43 bits per heavy atom. The molecule has 2 aromatic carbocycles. The highest BCUT2D eigenvalue weighted by Gasteiger charge is 2.52. The molecule has 0 aromatic heterocycles. The van der Waals surface area contributed by atoms with Crippen molar-refractivity contribution < 1.29 is 33.6 Å². The maximum absolute atomic E-state index is 13.1. The quantitative estimate of drug-likeness (QED) is 0.296. The molecule has 3 unspecified atom stereocenters. The number of carbonyl (C=O) groups excluding carboxylic acids is 1. The van der Waals surface area contributed by atoms with Crippen LogP contribution in [0.1, 0.15) is 49.9 Å². The van der Waals surface area contributed by atoms with E-state index in [1.54, 1.807) is 24.3 Å². The Kier molecular flexibility index (Phi) is 11.1. The van der Waals surface area contributed by atoms with E-state index in [0.29, 0.717) is 18.8 Å². The topological polar surface area (TPSA) is 91.3 Å². The fraction of sp³-hybridized carbons (Fsp3) is 0.481. The van der Waals surface area contributed by atoms with Gasteiger partial charge in [-0.2, -0.15) is 0 Å². The largest absolute Gasteiger partial charge is 0.479 e. The third-order valence-corrected chi connectivity index (χ3v) is 6.76. The summed E-state index contributed by atoms with van der Waals surface area (Å²) < 4.78 is 24.3. The molecule has 7 nitrogen and oxygen atoms in total. The summed E-state index contributed by atoms with van der Waals surface area (Å²) >= 11 is 1.31. The van der Waals surface area contributed by atoms with Crippen LogP contribution in [0.15, 0.2) is 65.6 Å². The molecule has 1 heterocycles. The van der Waals surface area contributed by atoms with Crippen LogP contribution in [0.5, 0.6) is 0 Å². The van der Waals surface area contributed by atoms with Crippen LogP contribution in [0.4, 0.5) is 0 Å². The molecule has 0 radical (unpaired) electrons. The molecule has 5 atom stereocenters. The number of carboxylic acids is 1. The van der Waals surface area contributed by atoms with Gasteiger partial charge < -0.3 is 24.1 Å². The van der Waals surface area contributed by atoms with E-state index in [0.717, 1.165) is 30.6 Å². The fourth-order valence-corrected chi connectivity index (χ4v) is 4.83. The average molecular weight is 503 g/mol. The lowest BCUT2D eigenvalue weighted by Gasteiger charge is -2.44. The summed E-state index contributed by atoms with van der Waals surface area (Å²) in [6.45, 7) is 4.83. The molecular weight excluding hydrogens is 468 g/mol. The van der Waals surface area contributed by atoms with Gasteiger partial charge in [0.05, 0.1) is 5.56 Å². The van der Waals surface area contributed by atoms with Gasteiger partial charge in [-0.05, 0) is 37.1 Å². The minimum Gasteiger partial charge on any atom is -0.479 e. The van der Waals surface area contributed by atoms with E-state index in [4.69, 9.17) is 18.9 Å². The van der Waals surface area contributed by atoms with Gasteiger partial charge in [0.25, 0.3) is 0 Å². The van der Waals surface area contributed by atoms with Gasteiger partial charge in [-0.15, -0.1) is 0 Å². The number of hydrogen-bond acceptors (Lipinski definition) is 7. The molecule has 190 valence electrons. The normalized spacial score (nSPS) is 24.1. The van der Waals surface area contributed by atoms with E-state index in [9.17, 15) is 14.7 Å². The lowest BCUT2D eigenvalue weighted by atomic mass is 9.98. The number of benzene rings is 2. The zero-order valence-corrected chi connectivity index (χ0v) is 21.0. The first-order valence-electron chi connectivity index (χ1n) is 12.1. The second-order valence-corrected chi connectivity index (χ2v) is 9.48. The summed E-state index contributed by atoms with van der Waals surface area (Å²) in [4.78, 5) is 26.2. The monoisotopic (exact) mass is 502 g/mol. The Labute approximate surface area is 211 Å². The van der Waals surface area contributed by atoms with Gasteiger partial charge in [0.2, 0.25) is 0 Å². The summed E-state index contributed by atoms with van der Waals surface area (Å²) in [5.41, 5.74) is -0.407. The molecule has 0 saturated carbocycles. The molecule has 0 spiro atoms. The van der Waals surface area contributed by atoms with Gasteiger partial charge in [0.15, 0.2) is 12.2 Å². The maximum atomic E-state index is 13.1. The van der Waals surface area contributed by atoms with Crippen LogP contribution in [-0.4, -0.2) is 60.1 Å². The first-order chi connectivity index (χ1) is 17.0. The number of rotatable bonds is 13. The van der Waals surface area contributed by atoms with E-state index >= 15 is 0 Å².